The summed E-state index contributed by atoms with van der Waals surface area (Å²) in [5.74, 6) is -1.84. The molecule has 115 heavy (non-hydrogen) atoms. The highest BCUT2D eigenvalue weighted by Gasteiger charge is 2.27. The zero-order valence-corrected chi connectivity index (χ0v) is 66.2. The molecular formula is C88H102F2N16O9. The summed E-state index contributed by atoms with van der Waals surface area (Å²) in [7, 11) is 0. The summed E-state index contributed by atoms with van der Waals surface area (Å²) in [5, 5.41) is 33.5. The molecule has 14 rings (SSSR count). The van der Waals surface area contributed by atoms with Gasteiger partial charge in [0.05, 0.1) is 34.5 Å². The summed E-state index contributed by atoms with van der Waals surface area (Å²) in [6.07, 6.45) is 9.27. The Morgan fingerprint density at radius 1 is 0.487 bits per heavy atom. The monoisotopic (exact) mass is 1560 g/mol. The number of nitrogens with zero attached hydrogens (tertiary/aromatic N) is 9. The van der Waals surface area contributed by atoms with Crippen LogP contribution >= 0.6 is 0 Å². The highest BCUT2D eigenvalue weighted by molar-refractivity contribution is 6.01. The van der Waals surface area contributed by atoms with Crippen molar-refractivity contribution in [3.63, 3.8) is 0 Å². The lowest BCUT2D eigenvalue weighted by atomic mass is 10.00. The van der Waals surface area contributed by atoms with E-state index in [0.29, 0.717) is 128 Å². The van der Waals surface area contributed by atoms with Crippen LogP contribution < -0.4 is 37.2 Å². The van der Waals surface area contributed by atoms with E-state index in [1.54, 1.807) is 111 Å². The van der Waals surface area contributed by atoms with Gasteiger partial charge in [-0.15, -0.1) is 0 Å². The van der Waals surface area contributed by atoms with Crippen LogP contribution in [0.15, 0.2) is 146 Å². The summed E-state index contributed by atoms with van der Waals surface area (Å²) in [5.41, 5.74) is 13.5. The Morgan fingerprint density at radius 2 is 0.904 bits per heavy atom. The molecule has 602 valence electrons. The molecule has 7 N–H and O–H groups in total. The van der Waals surface area contributed by atoms with Gasteiger partial charge in [0.2, 0.25) is 11.8 Å². The maximum Gasteiger partial charge on any atom is 0.251 e. The van der Waals surface area contributed by atoms with E-state index in [2.05, 4.69) is 59.2 Å². The molecule has 4 saturated heterocycles. The predicted octanol–water partition coefficient (Wildman–Crippen LogP) is 11.5. The molecule has 0 spiro atoms. The van der Waals surface area contributed by atoms with Crippen LogP contribution in [0.25, 0.3) is 44.3 Å². The fourth-order valence-corrected chi connectivity index (χ4v) is 14.8. The van der Waals surface area contributed by atoms with Crippen LogP contribution in [0, 0.1) is 11.6 Å². The van der Waals surface area contributed by atoms with Gasteiger partial charge < -0.3 is 56.5 Å². The number of aldehydes is 1. The number of aromatic nitrogens is 6. The van der Waals surface area contributed by atoms with Crippen LogP contribution in [0.2, 0.25) is 0 Å². The van der Waals surface area contributed by atoms with E-state index in [9.17, 15) is 38.0 Å². The molecule has 6 aromatic carbocycles. The molecule has 0 saturated carbocycles. The number of rotatable bonds is 25. The van der Waals surface area contributed by atoms with E-state index in [4.69, 9.17) is 19.4 Å². The van der Waals surface area contributed by atoms with Gasteiger partial charge in [-0.05, 0) is 153 Å². The quantitative estimate of drug-likeness (QED) is 0.0262. The smallest absolute Gasteiger partial charge is 0.251 e. The molecule has 4 aromatic heterocycles. The maximum absolute atomic E-state index is 15.2. The molecule has 10 aromatic rings. The minimum Gasteiger partial charge on any atom is -0.381 e. The van der Waals surface area contributed by atoms with Crippen LogP contribution in [0.1, 0.15) is 158 Å². The average molecular weight is 1570 g/mol. The largest absolute Gasteiger partial charge is 0.381 e. The third kappa shape index (κ3) is 21.2. The number of hydrogen-bond acceptors (Lipinski definition) is 17. The van der Waals surface area contributed by atoms with Crippen molar-refractivity contribution in [2.75, 3.05) is 89.4 Å². The fraction of sp³-hybridized carbons (Fsp3) is 0.375. The van der Waals surface area contributed by atoms with Crippen molar-refractivity contribution in [2.45, 2.75) is 138 Å². The molecule has 0 atom stereocenters. The topological polar surface area (TPSA) is 293 Å². The summed E-state index contributed by atoms with van der Waals surface area (Å²) in [6.45, 7) is 23.7. The van der Waals surface area contributed by atoms with Gasteiger partial charge in [0.15, 0.2) is 11.3 Å². The first-order valence-electron chi connectivity index (χ1n) is 39.8. The number of piperazine rings is 2. The van der Waals surface area contributed by atoms with Gasteiger partial charge in [0.1, 0.15) is 17.9 Å². The van der Waals surface area contributed by atoms with Gasteiger partial charge in [-0.25, -0.2) is 28.1 Å². The molecule has 6 amide bonds. The average Bonchev–Trinajstić information content (AvgIpc) is 1.65. The van der Waals surface area contributed by atoms with Crippen molar-refractivity contribution in [1.82, 2.24) is 70.8 Å². The number of hydrogen-bond donors (Lipinski definition) is 7. The van der Waals surface area contributed by atoms with Gasteiger partial charge in [0.25, 0.3) is 23.6 Å². The second-order valence-electron chi connectivity index (χ2n) is 29.0. The number of halogens is 2. The molecule has 0 unspecified atom stereocenters. The second-order valence-corrected chi connectivity index (χ2v) is 29.0. The van der Waals surface area contributed by atoms with E-state index < -0.39 is 5.82 Å². The normalized spacial score (nSPS) is 14.7. The van der Waals surface area contributed by atoms with Crippen molar-refractivity contribution in [3.05, 3.63) is 225 Å². The number of benzene rings is 6. The molecule has 0 aliphatic carbocycles. The van der Waals surface area contributed by atoms with E-state index in [1.807, 2.05) is 76.6 Å². The molecule has 4 aliphatic heterocycles. The Balaban J connectivity index is 0.000000193. The second kappa shape index (κ2) is 39.9. The summed E-state index contributed by atoms with van der Waals surface area (Å²) in [6, 6.07) is 37.6. The maximum atomic E-state index is 15.2. The van der Waals surface area contributed by atoms with Crippen molar-refractivity contribution < 1.29 is 51.8 Å². The SMILES string of the molecule is CC(=O)N1CCNCC1.CCc1nc2c(cnn2CC)c(NC2CCOCC2)c1CNC(=O)c1cccc(C(=O)NCc2ccc(F)c(-c3cccc(C=O)c3)c2)c1.CCc1nc2c(cnn2CC)c(NC2CCOCC2)c1CNC(=O)c1cccc(C(=O)NCc2ccc(F)c(-c3cccc(CN4CCN(C(C)=O)CC4)c3)c2)c1. The number of aryl methyl sites for hydroxylation is 4. The number of fused-ring (bicyclic) bond motifs is 2. The predicted molar refractivity (Wildman–Crippen MR) is 439 cm³/mol. The number of amides is 6. The van der Waals surface area contributed by atoms with Crippen molar-refractivity contribution in [2.24, 2.45) is 0 Å². The zero-order chi connectivity index (χ0) is 80.9. The van der Waals surface area contributed by atoms with Crippen LogP contribution in [0.4, 0.5) is 20.2 Å². The first-order chi connectivity index (χ1) is 55.9. The first kappa shape index (κ1) is 82.8. The molecule has 27 heteroatoms. The van der Waals surface area contributed by atoms with Crippen LogP contribution in [-0.4, -0.2) is 177 Å². The molecule has 4 fully saturated rings. The molecule has 0 bridgehead atoms. The zero-order valence-electron chi connectivity index (χ0n) is 66.2. The van der Waals surface area contributed by atoms with Crippen molar-refractivity contribution in [1.29, 1.82) is 0 Å². The Kier molecular flexibility index (Phi) is 28.7. The fourth-order valence-electron chi connectivity index (χ4n) is 14.8. The van der Waals surface area contributed by atoms with Crippen molar-refractivity contribution in [3.8, 4) is 22.3 Å². The number of carbonyl (C=O) groups is 7. The summed E-state index contributed by atoms with van der Waals surface area (Å²) < 4.78 is 44.8. The van der Waals surface area contributed by atoms with Gasteiger partial charge in [-0.1, -0.05) is 74.5 Å². The summed E-state index contributed by atoms with van der Waals surface area (Å²) in [4.78, 5) is 103. The highest BCUT2D eigenvalue weighted by Crippen LogP contribution is 2.35. The summed E-state index contributed by atoms with van der Waals surface area (Å²) >= 11 is 0. The standard InChI is InChI=1S/C44H51FN8O4.C38H39FN6O4.C6H12N2O/c1-4-40-37(41(49-35-14-20-57-21-15-35)38-27-48-53(5-2)42(38)50-40)26-47-44(56)34-11-7-10-33(24-34)43(55)46-25-30-12-13-39(45)36(23-30)32-9-6-8-31(22-32)28-51-16-18-52(19-17-51)29(3)54;1-3-34-31(35(43-29-13-15-49-16-14-29)32-22-42-45(4-2)36(32)44-34)21-41-38(48)28-10-6-9-27(19-28)37(47)40-20-24-11-12-33(39)30(18-24)26-8-5-7-25(17-26)23-46;1-6(9)8-4-2-7-3-5-8/h6-13,22-24,27,35H,4-5,14-21,25-26,28H2,1-3H3,(H,46,55)(H,47,56)(H,49,50);5-12,17-19,22-23,29H,3-4,13-16,20-21H2,1-2H3,(H,40,47)(H,41,48)(H,43,44);7H,2-5H2,1H3. The minimum atomic E-state index is -0.430. The molecule has 25 nitrogen and oxygen atoms in total. The Hall–Kier alpha value is -11.7. The Labute approximate surface area is 668 Å². The first-order valence-corrected chi connectivity index (χ1v) is 39.8. The van der Waals surface area contributed by atoms with Crippen LogP contribution in [-0.2, 0) is 77.7 Å². The van der Waals surface area contributed by atoms with E-state index in [0.717, 1.165) is 138 Å². The van der Waals surface area contributed by atoms with Gasteiger partial charge in [0, 0.05) is 212 Å². The van der Waals surface area contributed by atoms with Gasteiger partial charge in [-0.2, -0.15) is 10.2 Å². The number of ether oxygens (including phenoxy) is 2. The molecular weight excluding hydrogens is 1460 g/mol. The molecule has 8 heterocycles. The number of nitrogens with one attached hydrogen (secondary N) is 7. The number of carbonyl (C=O) groups excluding carboxylic acids is 7. The Morgan fingerprint density at radius 3 is 1.32 bits per heavy atom. The third-order valence-corrected chi connectivity index (χ3v) is 21.3. The van der Waals surface area contributed by atoms with Gasteiger partial charge in [-0.3, -0.25) is 38.5 Å². The van der Waals surface area contributed by atoms with E-state index in [1.165, 1.54) is 12.1 Å². The van der Waals surface area contributed by atoms with Crippen molar-refractivity contribution >= 4 is 75.2 Å². The minimum absolute atomic E-state index is 0.0955. The lowest BCUT2D eigenvalue weighted by Gasteiger charge is -2.34. The number of anilines is 2. The lowest BCUT2D eigenvalue weighted by molar-refractivity contribution is -0.131. The van der Waals surface area contributed by atoms with E-state index in [-0.39, 0.29) is 79.5 Å². The molecule has 0 radical (unpaired) electrons. The van der Waals surface area contributed by atoms with Gasteiger partial charge >= 0.3 is 0 Å². The molecule has 4 aliphatic rings. The van der Waals surface area contributed by atoms with E-state index >= 15 is 4.39 Å². The van der Waals surface area contributed by atoms with Crippen LogP contribution in [0.3, 0.4) is 0 Å². The Bertz CT molecular complexity index is 5120. The lowest BCUT2D eigenvalue weighted by Crippen LogP contribution is -2.47. The number of pyridine rings is 2. The van der Waals surface area contributed by atoms with Crippen LogP contribution in [0.5, 0.6) is 0 Å². The third-order valence-electron chi connectivity index (χ3n) is 21.3. The highest BCUT2D eigenvalue weighted by atomic mass is 19.1.